The molecule has 5 nitrogen and oxygen atoms in total. The van der Waals surface area contributed by atoms with Gasteiger partial charge in [-0.15, -0.1) is 0 Å². The Hall–Kier alpha value is -1.17. The summed E-state index contributed by atoms with van der Waals surface area (Å²) in [6.45, 7) is 4.94. The summed E-state index contributed by atoms with van der Waals surface area (Å²) >= 11 is 0. The Balaban J connectivity index is 1.69. The smallest absolute Gasteiger partial charge is 0.137 e. The van der Waals surface area contributed by atoms with Gasteiger partial charge in [0.2, 0.25) is 0 Å². The van der Waals surface area contributed by atoms with Crippen LogP contribution in [0.3, 0.4) is 0 Å². The van der Waals surface area contributed by atoms with Crippen molar-refractivity contribution in [1.29, 1.82) is 0 Å². The fourth-order valence-electron chi connectivity index (χ4n) is 4.09. The Morgan fingerprint density at radius 3 is 3.05 bits per heavy atom. The molecule has 0 unspecified atom stereocenters. The zero-order valence-corrected chi connectivity index (χ0v) is 13.7. The summed E-state index contributed by atoms with van der Waals surface area (Å²) in [6, 6.07) is 2.05. The summed E-state index contributed by atoms with van der Waals surface area (Å²) in [7, 11) is 3.84. The minimum Gasteiger partial charge on any atom is -0.495 e. The topological polar surface area (TPSA) is 48.8 Å². The van der Waals surface area contributed by atoms with Crippen LogP contribution >= 0.6 is 0 Å². The van der Waals surface area contributed by atoms with Crippen LogP contribution in [0.1, 0.15) is 24.8 Å². The average molecular weight is 305 g/mol. The Morgan fingerprint density at radius 2 is 2.23 bits per heavy atom. The standard InChI is InChI=1S/C17H27N3O2/c1-19-7-4-16(21)17(12-19)5-3-6-20(13-17)11-14-8-15(22-2)10-18-9-14/h8-10,16,21H,3-7,11-13H2,1-2H3/t16-,17-/m0/s1. The minimum absolute atomic E-state index is 0.0392. The van der Waals surface area contributed by atoms with Gasteiger partial charge in [0.05, 0.1) is 19.4 Å². The van der Waals surface area contributed by atoms with Gasteiger partial charge in [0.1, 0.15) is 5.75 Å². The normalized spacial score (nSPS) is 30.6. The molecule has 3 rings (SSSR count). The summed E-state index contributed by atoms with van der Waals surface area (Å²) < 4.78 is 5.26. The highest BCUT2D eigenvalue weighted by Gasteiger charge is 2.44. The number of likely N-dealkylation sites (tertiary alicyclic amines) is 2. The highest BCUT2D eigenvalue weighted by atomic mass is 16.5. The lowest BCUT2D eigenvalue weighted by Gasteiger charge is -2.50. The van der Waals surface area contributed by atoms with E-state index in [2.05, 4.69) is 27.9 Å². The molecule has 1 N–H and O–H groups in total. The van der Waals surface area contributed by atoms with Crippen LogP contribution in [0.15, 0.2) is 18.5 Å². The number of piperidine rings is 2. The van der Waals surface area contributed by atoms with E-state index in [9.17, 15) is 5.11 Å². The number of aliphatic hydroxyl groups is 1. The van der Waals surface area contributed by atoms with Crippen LogP contribution in [0, 0.1) is 5.41 Å². The zero-order chi connectivity index (χ0) is 15.6. The number of pyridine rings is 1. The van der Waals surface area contributed by atoms with Crippen molar-refractivity contribution < 1.29 is 9.84 Å². The van der Waals surface area contributed by atoms with Gasteiger partial charge in [-0.3, -0.25) is 9.88 Å². The highest BCUT2D eigenvalue weighted by Crippen LogP contribution is 2.38. The predicted molar refractivity (Wildman–Crippen MR) is 85.9 cm³/mol. The van der Waals surface area contributed by atoms with Crippen LogP contribution in [0.4, 0.5) is 0 Å². The molecule has 5 heteroatoms. The monoisotopic (exact) mass is 305 g/mol. The van der Waals surface area contributed by atoms with E-state index in [-0.39, 0.29) is 11.5 Å². The molecule has 122 valence electrons. The first-order valence-corrected chi connectivity index (χ1v) is 8.18. The molecule has 3 heterocycles. The largest absolute Gasteiger partial charge is 0.495 e. The van der Waals surface area contributed by atoms with E-state index in [1.807, 2.05) is 6.20 Å². The Labute approximate surface area is 132 Å². The van der Waals surface area contributed by atoms with E-state index in [0.29, 0.717) is 0 Å². The number of ether oxygens (including phenoxy) is 1. The Bertz CT molecular complexity index is 510. The molecule has 1 aromatic rings. The fourth-order valence-corrected chi connectivity index (χ4v) is 4.09. The van der Waals surface area contributed by atoms with Gasteiger partial charge < -0.3 is 14.7 Å². The van der Waals surface area contributed by atoms with Crippen LogP contribution in [0.2, 0.25) is 0 Å². The van der Waals surface area contributed by atoms with Crippen molar-refractivity contribution in [3.05, 3.63) is 24.0 Å². The zero-order valence-electron chi connectivity index (χ0n) is 13.7. The van der Waals surface area contributed by atoms with Gasteiger partial charge >= 0.3 is 0 Å². The van der Waals surface area contributed by atoms with Crippen LogP contribution in [-0.4, -0.2) is 66.3 Å². The van der Waals surface area contributed by atoms with Crippen molar-refractivity contribution in [1.82, 2.24) is 14.8 Å². The second-order valence-electron chi connectivity index (χ2n) is 6.95. The lowest BCUT2D eigenvalue weighted by atomic mass is 9.71. The fraction of sp³-hybridized carbons (Fsp3) is 0.706. The van der Waals surface area contributed by atoms with Crippen molar-refractivity contribution >= 4 is 0 Å². The van der Waals surface area contributed by atoms with Gasteiger partial charge in [0.25, 0.3) is 0 Å². The van der Waals surface area contributed by atoms with Crippen molar-refractivity contribution in [2.45, 2.75) is 31.9 Å². The van der Waals surface area contributed by atoms with Gasteiger partial charge in [0, 0.05) is 37.8 Å². The quantitative estimate of drug-likeness (QED) is 0.914. The Morgan fingerprint density at radius 1 is 1.36 bits per heavy atom. The van der Waals surface area contributed by atoms with Crippen LogP contribution in [-0.2, 0) is 6.54 Å². The van der Waals surface area contributed by atoms with Gasteiger partial charge in [-0.1, -0.05) is 0 Å². The number of methoxy groups -OCH3 is 1. The van der Waals surface area contributed by atoms with Crippen molar-refractivity contribution in [2.75, 3.05) is 40.3 Å². The molecule has 2 saturated heterocycles. The Kier molecular flexibility index (Phi) is 4.66. The number of aliphatic hydroxyl groups excluding tert-OH is 1. The molecule has 0 bridgehead atoms. The summed E-state index contributed by atoms with van der Waals surface area (Å²) in [5.74, 6) is 0.807. The second kappa shape index (κ2) is 6.52. The van der Waals surface area contributed by atoms with E-state index in [1.165, 1.54) is 5.56 Å². The van der Waals surface area contributed by atoms with Crippen LogP contribution < -0.4 is 4.74 Å². The average Bonchev–Trinajstić information content (AvgIpc) is 2.52. The van der Waals surface area contributed by atoms with Gasteiger partial charge in [0.15, 0.2) is 0 Å². The number of aromatic nitrogens is 1. The maximum atomic E-state index is 10.6. The third-order valence-electron chi connectivity index (χ3n) is 5.18. The van der Waals surface area contributed by atoms with Crippen LogP contribution in [0.25, 0.3) is 0 Å². The van der Waals surface area contributed by atoms with Crippen molar-refractivity contribution in [2.24, 2.45) is 5.41 Å². The molecule has 1 aromatic heterocycles. The second-order valence-corrected chi connectivity index (χ2v) is 6.95. The molecule has 0 aromatic carbocycles. The number of nitrogens with zero attached hydrogens (tertiary/aromatic N) is 3. The SMILES string of the molecule is COc1cncc(CN2CCC[C@]3(CN(C)CC[C@@H]3O)C2)c1. The first-order chi connectivity index (χ1) is 10.6. The molecular formula is C17H27N3O2. The maximum Gasteiger partial charge on any atom is 0.137 e. The molecule has 0 radical (unpaired) electrons. The molecular weight excluding hydrogens is 278 g/mol. The van der Waals surface area contributed by atoms with E-state index in [1.54, 1.807) is 13.3 Å². The molecule has 0 aliphatic carbocycles. The number of hydrogen-bond acceptors (Lipinski definition) is 5. The number of hydrogen-bond donors (Lipinski definition) is 1. The highest BCUT2D eigenvalue weighted by molar-refractivity contribution is 5.23. The van der Waals surface area contributed by atoms with E-state index < -0.39 is 0 Å². The summed E-state index contributed by atoms with van der Waals surface area (Å²) in [6.07, 6.45) is 6.66. The molecule has 0 amide bonds. The lowest BCUT2D eigenvalue weighted by Crippen LogP contribution is -2.58. The van der Waals surface area contributed by atoms with Gasteiger partial charge in [-0.2, -0.15) is 0 Å². The lowest BCUT2D eigenvalue weighted by molar-refractivity contribution is -0.0808. The first-order valence-electron chi connectivity index (χ1n) is 8.18. The van der Waals surface area contributed by atoms with E-state index >= 15 is 0 Å². The molecule has 2 aliphatic rings. The van der Waals surface area contributed by atoms with Gasteiger partial charge in [-0.25, -0.2) is 0 Å². The van der Waals surface area contributed by atoms with Crippen molar-refractivity contribution in [3.63, 3.8) is 0 Å². The molecule has 0 saturated carbocycles. The summed E-state index contributed by atoms with van der Waals surface area (Å²) in [5.41, 5.74) is 1.22. The molecule has 1 spiro atoms. The molecule has 2 atom stereocenters. The molecule has 22 heavy (non-hydrogen) atoms. The van der Waals surface area contributed by atoms with Crippen molar-refractivity contribution in [3.8, 4) is 5.75 Å². The third-order valence-corrected chi connectivity index (χ3v) is 5.18. The maximum absolute atomic E-state index is 10.6. The van der Waals surface area contributed by atoms with E-state index in [4.69, 9.17) is 4.74 Å². The third kappa shape index (κ3) is 3.26. The number of rotatable bonds is 3. The van der Waals surface area contributed by atoms with Gasteiger partial charge in [-0.05, 0) is 44.5 Å². The predicted octanol–water partition coefficient (Wildman–Crippen LogP) is 1.37. The minimum atomic E-state index is -0.171. The summed E-state index contributed by atoms with van der Waals surface area (Å²) in [4.78, 5) is 9.07. The molecule has 2 aliphatic heterocycles. The van der Waals surface area contributed by atoms with Crippen LogP contribution in [0.5, 0.6) is 5.75 Å². The summed E-state index contributed by atoms with van der Waals surface area (Å²) in [5, 5.41) is 10.6. The first kappa shape index (κ1) is 15.7. The van der Waals surface area contributed by atoms with E-state index in [0.717, 1.165) is 57.7 Å². The molecule has 2 fully saturated rings.